The van der Waals surface area contributed by atoms with Crippen molar-refractivity contribution in [3.8, 4) is 0 Å². The smallest absolute Gasteiger partial charge is 0.316 e. The Labute approximate surface area is 183 Å². The molecule has 0 N–H and O–H groups in total. The second kappa shape index (κ2) is 7.67. The van der Waals surface area contributed by atoms with Crippen molar-refractivity contribution in [1.82, 2.24) is 0 Å². The molecule has 1 aliphatic heterocycles. The van der Waals surface area contributed by atoms with Gasteiger partial charge in [-0.25, -0.2) is 0 Å². The second-order valence-electron chi connectivity index (χ2n) is 9.36. The van der Waals surface area contributed by atoms with Crippen molar-refractivity contribution in [1.29, 1.82) is 0 Å². The van der Waals surface area contributed by atoms with Gasteiger partial charge < -0.3 is 4.74 Å². The van der Waals surface area contributed by atoms with Crippen LogP contribution in [0.3, 0.4) is 0 Å². The maximum absolute atomic E-state index is 14.4. The molecule has 2 aliphatic carbocycles. The van der Waals surface area contributed by atoms with E-state index in [9.17, 15) is 9.59 Å². The number of hydrogen-bond acceptors (Lipinski definition) is 3. The fourth-order valence-corrected chi connectivity index (χ4v) is 6.13. The number of anilines is 2. The predicted molar refractivity (Wildman–Crippen MR) is 121 cm³/mol. The van der Waals surface area contributed by atoms with Crippen LogP contribution in [-0.4, -0.2) is 18.0 Å². The zero-order chi connectivity index (χ0) is 21.6. The van der Waals surface area contributed by atoms with E-state index in [1.165, 1.54) is 5.57 Å². The van der Waals surface area contributed by atoms with Gasteiger partial charge >= 0.3 is 5.97 Å². The SMILES string of the molecule is C[C@H]1OC(=O)[C@]2(C)C=C3CCCC[C@H]3[C@H](C(=O)N(c3ccccc3)c3ccccc3)[C@H]12. The standard InChI is InChI=1S/C27H29NO3/c1-18-24-23(22-16-10-9-11-19(22)17-27(24,2)26(30)31-18)25(29)28(20-12-5-3-6-13-20)21-14-7-4-8-15-21/h3-8,12-15,17-18,22-24H,9-11,16H2,1-2H3/t18-,22-,23+,24+,27-/m1/s1. The third-order valence-electron chi connectivity index (χ3n) is 7.48. The van der Waals surface area contributed by atoms with Crippen LogP contribution < -0.4 is 4.90 Å². The first kappa shape index (κ1) is 20.0. The van der Waals surface area contributed by atoms with Crippen molar-refractivity contribution in [2.45, 2.75) is 45.6 Å². The first-order chi connectivity index (χ1) is 15.0. The first-order valence-electron chi connectivity index (χ1n) is 11.4. The normalized spacial score (nSPS) is 31.8. The Kier molecular flexibility index (Phi) is 4.96. The largest absolute Gasteiger partial charge is 0.462 e. The van der Waals surface area contributed by atoms with Crippen molar-refractivity contribution in [3.05, 3.63) is 72.3 Å². The minimum atomic E-state index is -0.734. The lowest BCUT2D eigenvalue weighted by molar-refractivity contribution is -0.146. The number of para-hydroxylation sites is 2. The molecule has 5 atom stereocenters. The average Bonchev–Trinajstić information content (AvgIpc) is 3.01. The van der Waals surface area contributed by atoms with Gasteiger partial charge in [-0.1, -0.05) is 54.5 Å². The van der Waals surface area contributed by atoms with Gasteiger partial charge in [0.1, 0.15) is 6.10 Å². The van der Waals surface area contributed by atoms with Gasteiger partial charge in [0.25, 0.3) is 0 Å². The van der Waals surface area contributed by atoms with Gasteiger partial charge in [0.05, 0.1) is 11.3 Å². The summed E-state index contributed by atoms with van der Waals surface area (Å²) < 4.78 is 5.73. The second-order valence-corrected chi connectivity index (χ2v) is 9.36. The van der Waals surface area contributed by atoms with E-state index in [4.69, 9.17) is 4.74 Å². The van der Waals surface area contributed by atoms with Crippen molar-refractivity contribution in [2.75, 3.05) is 4.90 Å². The first-order valence-corrected chi connectivity index (χ1v) is 11.4. The monoisotopic (exact) mass is 415 g/mol. The van der Waals surface area contributed by atoms with Crippen LogP contribution in [0, 0.1) is 23.2 Å². The maximum Gasteiger partial charge on any atom is 0.316 e. The highest BCUT2D eigenvalue weighted by Gasteiger charge is 2.61. The minimum absolute atomic E-state index is 0.0660. The van der Waals surface area contributed by atoms with Crippen LogP contribution in [0.5, 0.6) is 0 Å². The quantitative estimate of drug-likeness (QED) is 0.480. The molecule has 1 amide bonds. The lowest BCUT2D eigenvalue weighted by atomic mass is 9.57. The number of ether oxygens (including phenoxy) is 1. The third-order valence-corrected chi connectivity index (χ3v) is 7.48. The number of benzene rings is 2. The van der Waals surface area contributed by atoms with Crippen LogP contribution in [0.2, 0.25) is 0 Å². The number of carbonyl (C=O) groups is 2. The van der Waals surface area contributed by atoms with Gasteiger partial charge in [0.2, 0.25) is 5.91 Å². The highest BCUT2D eigenvalue weighted by Crippen LogP contribution is 2.56. The summed E-state index contributed by atoms with van der Waals surface area (Å²) in [6, 6.07) is 19.7. The van der Waals surface area contributed by atoms with Gasteiger partial charge in [0.15, 0.2) is 0 Å². The Morgan fingerprint density at radius 2 is 1.61 bits per heavy atom. The van der Waals surface area contributed by atoms with Gasteiger partial charge in [-0.2, -0.15) is 0 Å². The molecule has 4 heteroatoms. The molecule has 5 rings (SSSR count). The highest BCUT2D eigenvalue weighted by atomic mass is 16.6. The number of nitrogens with zero attached hydrogens (tertiary/aromatic N) is 1. The number of carbonyl (C=O) groups excluding carboxylic acids is 2. The molecule has 3 aliphatic rings. The molecule has 0 spiro atoms. The van der Waals surface area contributed by atoms with E-state index in [0.29, 0.717) is 0 Å². The van der Waals surface area contributed by atoms with Crippen LogP contribution in [-0.2, 0) is 14.3 Å². The maximum atomic E-state index is 14.4. The number of rotatable bonds is 3. The average molecular weight is 416 g/mol. The van der Waals surface area contributed by atoms with E-state index in [2.05, 4.69) is 6.08 Å². The van der Waals surface area contributed by atoms with E-state index < -0.39 is 5.41 Å². The molecule has 1 saturated carbocycles. The molecule has 1 heterocycles. The number of fused-ring (bicyclic) bond motifs is 2. The van der Waals surface area contributed by atoms with Gasteiger partial charge in [-0.3, -0.25) is 14.5 Å². The number of allylic oxidation sites excluding steroid dienone is 1. The van der Waals surface area contributed by atoms with E-state index in [1.54, 1.807) is 0 Å². The predicted octanol–water partition coefficient (Wildman–Crippen LogP) is 5.67. The van der Waals surface area contributed by atoms with Crippen molar-refractivity contribution >= 4 is 23.3 Å². The molecule has 160 valence electrons. The number of esters is 1. The third kappa shape index (κ3) is 3.20. The van der Waals surface area contributed by atoms with Crippen molar-refractivity contribution in [2.24, 2.45) is 23.2 Å². The Morgan fingerprint density at radius 3 is 2.23 bits per heavy atom. The zero-order valence-corrected chi connectivity index (χ0v) is 18.2. The van der Waals surface area contributed by atoms with Gasteiger partial charge in [-0.05, 0) is 63.3 Å². The topological polar surface area (TPSA) is 46.6 Å². The van der Waals surface area contributed by atoms with Crippen molar-refractivity contribution in [3.63, 3.8) is 0 Å². The summed E-state index contributed by atoms with van der Waals surface area (Å²) in [6.07, 6.45) is 6.08. The Bertz CT molecular complexity index is 976. The van der Waals surface area contributed by atoms with Gasteiger partial charge in [-0.15, -0.1) is 0 Å². The zero-order valence-electron chi connectivity index (χ0n) is 18.2. The molecule has 2 aromatic rings. The summed E-state index contributed by atoms with van der Waals surface area (Å²) in [5, 5.41) is 0. The Hall–Kier alpha value is -2.88. The van der Waals surface area contributed by atoms with E-state index in [0.717, 1.165) is 37.1 Å². The van der Waals surface area contributed by atoms with E-state index in [-0.39, 0.29) is 35.7 Å². The highest BCUT2D eigenvalue weighted by molar-refractivity contribution is 6.03. The summed E-state index contributed by atoms with van der Waals surface area (Å²) in [6.45, 7) is 3.92. The summed E-state index contributed by atoms with van der Waals surface area (Å²) >= 11 is 0. The van der Waals surface area contributed by atoms with E-state index >= 15 is 0 Å². The Morgan fingerprint density at radius 1 is 1.00 bits per heavy atom. The molecule has 0 bridgehead atoms. The van der Waals surface area contributed by atoms with Crippen LogP contribution in [0.15, 0.2) is 72.3 Å². The summed E-state index contributed by atoms with van der Waals surface area (Å²) in [7, 11) is 0. The van der Waals surface area contributed by atoms with Gasteiger partial charge in [0, 0.05) is 17.3 Å². The fourth-order valence-electron chi connectivity index (χ4n) is 6.13. The summed E-state index contributed by atoms with van der Waals surface area (Å²) in [5.41, 5.74) is 2.24. The number of hydrogen-bond donors (Lipinski definition) is 0. The molecular formula is C27H29NO3. The van der Waals surface area contributed by atoms with E-state index in [1.807, 2.05) is 79.4 Å². The molecule has 1 saturated heterocycles. The van der Waals surface area contributed by atoms with Crippen LogP contribution in [0.4, 0.5) is 11.4 Å². The summed E-state index contributed by atoms with van der Waals surface area (Å²) in [5.74, 6) is -0.394. The molecular weight excluding hydrogens is 386 g/mol. The number of cyclic esters (lactones) is 1. The molecule has 0 unspecified atom stereocenters. The molecule has 0 aromatic heterocycles. The lowest BCUT2D eigenvalue weighted by Crippen LogP contribution is -2.50. The lowest BCUT2D eigenvalue weighted by Gasteiger charge is -2.46. The molecule has 0 radical (unpaired) electrons. The van der Waals surface area contributed by atoms with Crippen LogP contribution in [0.25, 0.3) is 0 Å². The molecule has 4 nitrogen and oxygen atoms in total. The minimum Gasteiger partial charge on any atom is -0.462 e. The Balaban J connectivity index is 1.64. The molecule has 31 heavy (non-hydrogen) atoms. The summed E-state index contributed by atoms with van der Waals surface area (Å²) in [4.78, 5) is 29.2. The van der Waals surface area contributed by atoms with Crippen LogP contribution in [0.1, 0.15) is 39.5 Å². The molecule has 2 fully saturated rings. The van der Waals surface area contributed by atoms with Crippen LogP contribution >= 0.6 is 0 Å². The molecule has 2 aromatic carbocycles. The fraction of sp³-hybridized carbons (Fsp3) is 0.407. The number of amides is 1. The van der Waals surface area contributed by atoms with Crippen molar-refractivity contribution < 1.29 is 14.3 Å².